The number of hydrogen-bond acceptors (Lipinski definition) is 2. The number of hydrogen-bond donors (Lipinski definition) is 2. The van der Waals surface area contributed by atoms with Gasteiger partial charge in [-0.05, 0) is 37.0 Å². The van der Waals surface area contributed by atoms with E-state index >= 15 is 0 Å². The summed E-state index contributed by atoms with van der Waals surface area (Å²) < 4.78 is 0. The molecule has 14 heavy (non-hydrogen) atoms. The van der Waals surface area contributed by atoms with E-state index in [1.165, 1.54) is 6.42 Å². The van der Waals surface area contributed by atoms with Crippen molar-refractivity contribution < 1.29 is 5.11 Å². The third-order valence-corrected chi connectivity index (χ3v) is 3.24. The van der Waals surface area contributed by atoms with E-state index in [-0.39, 0.29) is 11.8 Å². The molecule has 1 aromatic rings. The SMILES string of the molecule is N[C@H](c1cc(Cl)ccc1O)C1CCC1. The molecule has 1 aromatic carbocycles. The lowest BCUT2D eigenvalue weighted by atomic mass is 9.77. The van der Waals surface area contributed by atoms with E-state index in [9.17, 15) is 5.11 Å². The fourth-order valence-corrected chi connectivity index (χ4v) is 2.03. The maximum atomic E-state index is 9.64. The minimum Gasteiger partial charge on any atom is -0.508 e. The van der Waals surface area contributed by atoms with Gasteiger partial charge in [-0.1, -0.05) is 18.0 Å². The van der Waals surface area contributed by atoms with Gasteiger partial charge in [0.25, 0.3) is 0 Å². The Balaban J connectivity index is 2.24. The van der Waals surface area contributed by atoms with Gasteiger partial charge in [0.15, 0.2) is 0 Å². The Morgan fingerprint density at radius 1 is 1.43 bits per heavy atom. The summed E-state index contributed by atoms with van der Waals surface area (Å²) >= 11 is 5.86. The molecule has 2 nitrogen and oxygen atoms in total. The molecule has 0 aromatic heterocycles. The van der Waals surface area contributed by atoms with Gasteiger partial charge in [-0.15, -0.1) is 0 Å². The van der Waals surface area contributed by atoms with Crippen molar-refractivity contribution in [2.45, 2.75) is 25.3 Å². The molecular weight excluding hydrogens is 198 g/mol. The second-order valence-electron chi connectivity index (χ2n) is 3.92. The Morgan fingerprint density at radius 3 is 2.71 bits per heavy atom. The number of aromatic hydroxyl groups is 1. The zero-order valence-corrected chi connectivity index (χ0v) is 8.67. The Hall–Kier alpha value is -0.730. The quantitative estimate of drug-likeness (QED) is 0.790. The molecule has 1 atom stereocenters. The second kappa shape index (κ2) is 3.79. The van der Waals surface area contributed by atoms with Crippen LogP contribution in [0.3, 0.4) is 0 Å². The number of rotatable bonds is 2. The normalized spacial score (nSPS) is 19.0. The zero-order valence-electron chi connectivity index (χ0n) is 7.91. The molecule has 1 aliphatic carbocycles. The number of phenols is 1. The van der Waals surface area contributed by atoms with E-state index in [1.807, 2.05) is 0 Å². The molecule has 1 fully saturated rings. The van der Waals surface area contributed by atoms with Crippen molar-refractivity contribution in [3.8, 4) is 5.75 Å². The molecule has 2 rings (SSSR count). The summed E-state index contributed by atoms with van der Waals surface area (Å²) in [4.78, 5) is 0. The summed E-state index contributed by atoms with van der Waals surface area (Å²) in [5.41, 5.74) is 6.83. The minimum absolute atomic E-state index is 0.0672. The summed E-state index contributed by atoms with van der Waals surface area (Å²) in [5, 5.41) is 10.3. The van der Waals surface area contributed by atoms with Crippen molar-refractivity contribution in [3.05, 3.63) is 28.8 Å². The van der Waals surface area contributed by atoms with Crippen molar-refractivity contribution in [2.24, 2.45) is 11.7 Å². The molecule has 0 saturated heterocycles. The van der Waals surface area contributed by atoms with Crippen molar-refractivity contribution in [1.29, 1.82) is 0 Å². The predicted molar refractivity (Wildman–Crippen MR) is 57.4 cm³/mol. The Labute approximate surface area is 88.7 Å². The monoisotopic (exact) mass is 211 g/mol. The topological polar surface area (TPSA) is 46.2 Å². The van der Waals surface area contributed by atoms with Crippen LogP contribution in [0.25, 0.3) is 0 Å². The average molecular weight is 212 g/mol. The number of nitrogens with two attached hydrogens (primary N) is 1. The van der Waals surface area contributed by atoms with E-state index in [1.54, 1.807) is 18.2 Å². The van der Waals surface area contributed by atoms with Crippen molar-refractivity contribution >= 4 is 11.6 Å². The van der Waals surface area contributed by atoms with Gasteiger partial charge in [0.2, 0.25) is 0 Å². The van der Waals surface area contributed by atoms with Gasteiger partial charge in [-0.3, -0.25) is 0 Å². The largest absolute Gasteiger partial charge is 0.508 e. The number of benzene rings is 1. The maximum absolute atomic E-state index is 9.64. The molecule has 76 valence electrons. The fraction of sp³-hybridized carbons (Fsp3) is 0.455. The summed E-state index contributed by atoms with van der Waals surface area (Å²) in [6.45, 7) is 0. The Kier molecular flexibility index (Phi) is 2.66. The van der Waals surface area contributed by atoms with Gasteiger partial charge in [-0.25, -0.2) is 0 Å². The first-order valence-electron chi connectivity index (χ1n) is 4.92. The highest BCUT2D eigenvalue weighted by molar-refractivity contribution is 6.30. The molecular formula is C11H14ClNO. The highest BCUT2D eigenvalue weighted by atomic mass is 35.5. The fourth-order valence-electron chi connectivity index (χ4n) is 1.85. The molecule has 0 heterocycles. The molecule has 0 bridgehead atoms. The van der Waals surface area contributed by atoms with Gasteiger partial charge < -0.3 is 10.8 Å². The number of phenolic OH excluding ortho intramolecular Hbond substituents is 1. The standard InChI is InChI=1S/C11H14ClNO/c12-8-4-5-10(14)9(6-8)11(13)7-2-1-3-7/h4-7,11,14H,1-3,13H2/t11-/m0/s1. The Morgan fingerprint density at radius 2 is 2.14 bits per heavy atom. The Bertz CT molecular complexity index is 336. The average Bonchev–Trinajstić information content (AvgIpc) is 2.06. The van der Waals surface area contributed by atoms with Crippen LogP contribution in [-0.2, 0) is 0 Å². The number of halogens is 1. The van der Waals surface area contributed by atoms with Crippen LogP contribution in [0.2, 0.25) is 5.02 Å². The molecule has 1 aliphatic rings. The highest BCUT2D eigenvalue weighted by Crippen LogP contribution is 2.39. The van der Waals surface area contributed by atoms with Gasteiger partial charge in [0.1, 0.15) is 5.75 Å². The van der Waals surface area contributed by atoms with E-state index in [0.717, 1.165) is 18.4 Å². The van der Waals surface area contributed by atoms with Crippen LogP contribution >= 0.6 is 11.6 Å². The summed E-state index contributed by atoms with van der Waals surface area (Å²) in [6.07, 6.45) is 3.57. The molecule has 0 aliphatic heterocycles. The van der Waals surface area contributed by atoms with Crippen LogP contribution in [0.4, 0.5) is 0 Å². The van der Waals surface area contributed by atoms with Crippen molar-refractivity contribution in [2.75, 3.05) is 0 Å². The third-order valence-electron chi connectivity index (χ3n) is 3.01. The van der Waals surface area contributed by atoms with Crippen LogP contribution in [0.5, 0.6) is 5.75 Å². The molecule has 1 saturated carbocycles. The lowest BCUT2D eigenvalue weighted by molar-refractivity contribution is 0.260. The zero-order chi connectivity index (χ0) is 10.1. The smallest absolute Gasteiger partial charge is 0.120 e. The highest BCUT2D eigenvalue weighted by Gasteiger charge is 2.27. The van der Waals surface area contributed by atoms with Crippen LogP contribution < -0.4 is 5.73 Å². The van der Waals surface area contributed by atoms with Gasteiger partial charge in [0.05, 0.1) is 0 Å². The summed E-state index contributed by atoms with van der Waals surface area (Å²) in [6, 6.07) is 4.98. The van der Waals surface area contributed by atoms with Gasteiger partial charge >= 0.3 is 0 Å². The van der Waals surface area contributed by atoms with E-state index in [0.29, 0.717) is 10.9 Å². The maximum Gasteiger partial charge on any atom is 0.120 e. The third kappa shape index (κ3) is 1.72. The van der Waals surface area contributed by atoms with Crippen molar-refractivity contribution in [3.63, 3.8) is 0 Å². The molecule has 0 spiro atoms. The summed E-state index contributed by atoms with van der Waals surface area (Å²) in [7, 11) is 0. The second-order valence-corrected chi connectivity index (χ2v) is 4.36. The van der Waals surface area contributed by atoms with Gasteiger partial charge in [-0.2, -0.15) is 0 Å². The predicted octanol–water partition coefficient (Wildman–Crippen LogP) is 2.85. The molecule has 3 heteroatoms. The first kappa shape index (κ1) is 9.81. The van der Waals surface area contributed by atoms with Crippen LogP contribution in [0.1, 0.15) is 30.9 Å². The molecule has 3 N–H and O–H groups in total. The van der Waals surface area contributed by atoms with E-state index in [2.05, 4.69) is 0 Å². The first-order valence-corrected chi connectivity index (χ1v) is 5.30. The van der Waals surface area contributed by atoms with Crippen LogP contribution in [-0.4, -0.2) is 5.11 Å². The molecule has 0 radical (unpaired) electrons. The van der Waals surface area contributed by atoms with Crippen LogP contribution in [0.15, 0.2) is 18.2 Å². The summed E-state index contributed by atoms with van der Waals surface area (Å²) in [5.74, 6) is 0.771. The van der Waals surface area contributed by atoms with Crippen molar-refractivity contribution in [1.82, 2.24) is 0 Å². The van der Waals surface area contributed by atoms with Gasteiger partial charge in [0, 0.05) is 16.6 Å². The minimum atomic E-state index is -0.0672. The van der Waals surface area contributed by atoms with E-state index < -0.39 is 0 Å². The molecule has 0 unspecified atom stereocenters. The molecule has 0 amide bonds. The first-order chi connectivity index (χ1) is 6.68. The lowest BCUT2D eigenvalue weighted by Gasteiger charge is -2.31. The van der Waals surface area contributed by atoms with E-state index in [4.69, 9.17) is 17.3 Å². The van der Waals surface area contributed by atoms with Crippen LogP contribution in [0, 0.1) is 5.92 Å². The lowest BCUT2D eigenvalue weighted by Crippen LogP contribution is -2.26.